The number of rotatable bonds is 7. The van der Waals surface area contributed by atoms with Crippen molar-refractivity contribution >= 4 is 16.9 Å². The van der Waals surface area contributed by atoms with Crippen LogP contribution in [0.15, 0.2) is 72.8 Å². The predicted molar refractivity (Wildman–Crippen MR) is 121 cm³/mol. The Morgan fingerprint density at radius 1 is 1.00 bits per heavy atom. The van der Waals surface area contributed by atoms with Crippen molar-refractivity contribution in [1.82, 2.24) is 14.5 Å². The number of ether oxygens (including phenoxy) is 2. The number of fused-ring (bicyclic) bond motifs is 1. The number of hydrogen-bond donors (Lipinski definition) is 0. The van der Waals surface area contributed by atoms with Crippen LogP contribution in [0, 0.1) is 6.92 Å². The van der Waals surface area contributed by atoms with Gasteiger partial charge in [-0.3, -0.25) is 9.36 Å². The lowest BCUT2D eigenvalue weighted by molar-refractivity contribution is 0.0774. The van der Waals surface area contributed by atoms with Crippen molar-refractivity contribution in [1.29, 1.82) is 0 Å². The highest BCUT2D eigenvalue weighted by atomic mass is 16.5. The van der Waals surface area contributed by atoms with Crippen LogP contribution in [0.3, 0.4) is 0 Å². The Morgan fingerprint density at radius 3 is 2.42 bits per heavy atom. The van der Waals surface area contributed by atoms with E-state index in [9.17, 15) is 4.79 Å². The number of methoxy groups -OCH3 is 1. The summed E-state index contributed by atoms with van der Waals surface area (Å²) in [5.41, 5.74) is 3.44. The molecular weight excluding hydrogens is 390 g/mol. The van der Waals surface area contributed by atoms with Crippen LogP contribution in [0.2, 0.25) is 0 Å². The summed E-state index contributed by atoms with van der Waals surface area (Å²) in [6, 6.07) is 23.1. The van der Waals surface area contributed by atoms with Crippen molar-refractivity contribution in [2.45, 2.75) is 6.92 Å². The van der Waals surface area contributed by atoms with Crippen LogP contribution in [0.4, 0.5) is 0 Å². The molecule has 4 rings (SSSR count). The Hall–Kier alpha value is -3.80. The van der Waals surface area contributed by atoms with Gasteiger partial charge >= 0.3 is 0 Å². The normalized spacial score (nSPS) is 10.8. The monoisotopic (exact) mass is 415 g/mol. The Kier molecular flexibility index (Phi) is 5.89. The van der Waals surface area contributed by atoms with E-state index in [1.807, 2.05) is 79.7 Å². The van der Waals surface area contributed by atoms with Crippen molar-refractivity contribution in [3.63, 3.8) is 0 Å². The maximum atomic E-state index is 12.9. The Labute approximate surface area is 181 Å². The molecule has 0 aliphatic heterocycles. The smallest absolute Gasteiger partial charge is 0.253 e. The van der Waals surface area contributed by atoms with Crippen molar-refractivity contribution < 1.29 is 14.3 Å². The maximum absolute atomic E-state index is 12.9. The van der Waals surface area contributed by atoms with E-state index in [0.717, 1.165) is 34.0 Å². The molecule has 0 spiro atoms. The van der Waals surface area contributed by atoms with Crippen molar-refractivity contribution in [3.8, 4) is 17.2 Å². The minimum atomic E-state index is -0.0628. The van der Waals surface area contributed by atoms with E-state index in [4.69, 9.17) is 9.47 Å². The zero-order valence-corrected chi connectivity index (χ0v) is 17.9. The van der Waals surface area contributed by atoms with Gasteiger partial charge in [-0.25, -0.2) is 4.98 Å². The summed E-state index contributed by atoms with van der Waals surface area (Å²) >= 11 is 0. The Bertz CT molecular complexity index is 1180. The fourth-order valence-corrected chi connectivity index (χ4v) is 3.53. The standard InChI is InChI=1S/C25H25N3O3/c1-18-26-23-17-19(9-14-24(23)28(18)20-7-5-4-6-8-20)25(29)27(2)15-16-31-22-12-10-21(30-3)11-13-22/h4-14,17H,15-16H2,1-3H3. The molecule has 1 aromatic heterocycles. The molecule has 0 saturated heterocycles. The molecule has 4 aromatic rings. The Balaban J connectivity index is 1.44. The molecule has 3 aromatic carbocycles. The van der Waals surface area contributed by atoms with E-state index in [1.54, 1.807) is 19.1 Å². The highest BCUT2D eigenvalue weighted by Gasteiger charge is 2.15. The molecule has 0 atom stereocenters. The topological polar surface area (TPSA) is 56.6 Å². The van der Waals surface area contributed by atoms with Crippen LogP contribution in [-0.2, 0) is 0 Å². The minimum absolute atomic E-state index is 0.0628. The summed E-state index contributed by atoms with van der Waals surface area (Å²) < 4.78 is 13.0. The molecule has 0 aliphatic carbocycles. The van der Waals surface area contributed by atoms with Gasteiger partial charge in [0.2, 0.25) is 0 Å². The number of carbonyl (C=O) groups excluding carboxylic acids is 1. The molecule has 31 heavy (non-hydrogen) atoms. The van der Waals surface area contributed by atoms with E-state index in [-0.39, 0.29) is 5.91 Å². The molecule has 0 bridgehead atoms. The molecule has 0 aliphatic rings. The Morgan fingerprint density at radius 2 is 1.71 bits per heavy atom. The number of aromatic nitrogens is 2. The summed E-state index contributed by atoms with van der Waals surface area (Å²) in [7, 11) is 3.40. The fraction of sp³-hybridized carbons (Fsp3) is 0.200. The van der Waals surface area contributed by atoms with E-state index in [2.05, 4.69) is 9.55 Å². The molecule has 0 radical (unpaired) electrons. The van der Waals surface area contributed by atoms with E-state index >= 15 is 0 Å². The van der Waals surface area contributed by atoms with Crippen molar-refractivity contribution in [3.05, 3.63) is 84.2 Å². The second-order valence-electron chi connectivity index (χ2n) is 7.28. The van der Waals surface area contributed by atoms with Gasteiger partial charge in [-0.15, -0.1) is 0 Å². The number of carbonyl (C=O) groups is 1. The average Bonchev–Trinajstić information content (AvgIpc) is 3.14. The molecular formula is C25H25N3O3. The van der Waals surface area contributed by atoms with Gasteiger partial charge in [0.1, 0.15) is 23.9 Å². The number of para-hydroxylation sites is 1. The molecule has 158 valence electrons. The SMILES string of the molecule is COc1ccc(OCCN(C)C(=O)c2ccc3c(c2)nc(C)n3-c2ccccc2)cc1. The zero-order valence-electron chi connectivity index (χ0n) is 17.9. The first-order chi connectivity index (χ1) is 15.1. The highest BCUT2D eigenvalue weighted by Crippen LogP contribution is 2.23. The van der Waals surface area contributed by atoms with Crippen LogP contribution < -0.4 is 9.47 Å². The molecule has 6 nitrogen and oxygen atoms in total. The summed E-state index contributed by atoms with van der Waals surface area (Å²) in [5.74, 6) is 2.34. The maximum Gasteiger partial charge on any atom is 0.253 e. The van der Waals surface area contributed by atoms with Gasteiger partial charge in [0.05, 0.1) is 24.7 Å². The predicted octanol–water partition coefficient (Wildman–Crippen LogP) is 4.49. The number of aryl methyl sites for hydroxylation is 1. The third kappa shape index (κ3) is 4.38. The molecule has 0 N–H and O–H groups in total. The first kappa shape index (κ1) is 20.5. The van der Waals surface area contributed by atoms with Crippen LogP contribution in [-0.4, -0.2) is 47.7 Å². The van der Waals surface area contributed by atoms with Crippen molar-refractivity contribution in [2.75, 3.05) is 27.3 Å². The van der Waals surface area contributed by atoms with Crippen LogP contribution in [0.5, 0.6) is 11.5 Å². The van der Waals surface area contributed by atoms with Crippen LogP contribution in [0.1, 0.15) is 16.2 Å². The van der Waals surface area contributed by atoms with Gasteiger partial charge < -0.3 is 14.4 Å². The second-order valence-corrected chi connectivity index (χ2v) is 7.28. The number of amides is 1. The number of likely N-dealkylation sites (N-methyl/N-ethyl adjacent to an activating group) is 1. The number of nitrogens with zero attached hydrogens (tertiary/aromatic N) is 3. The van der Waals surface area contributed by atoms with Gasteiger partial charge in [-0.2, -0.15) is 0 Å². The summed E-state index contributed by atoms with van der Waals surface area (Å²) in [4.78, 5) is 19.2. The number of hydrogen-bond acceptors (Lipinski definition) is 4. The minimum Gasteiger partial charge on any atom is -0.497 e. The van der Waals surface area contributed by atoms with Gasteiger partial charge in [-0.05, 0) is 61.5 Å². The van der Waals surface area contributed by atoms with Crippen LogP contribution >= 0.6 is 0 Å². The van der Waals surface area contributed by atoms with Gasteiger partial charge in [0.15, 0.2) is 0 Å². The third-order valence-corrected chi connectivity index (χ3v) is 5.19. The number of benzene rings is 3. The van der Waals surface area contributed by atoms with Crippen molar-refractivity contribution in [2.24, 2.45) is 0 Å². The third-order valence-electron chi connectivity index (χ3n) is 5.19. The largest absolute Gasteiger partial charge is 0.497 e. The van der Waals surface area contributed by atoms with Gasteiger partial charge in [-0.1, -0.05) is 18.2 Å². The summed E-state index contributed by atoms with van der Waals surface area (Å²) in [6.45, 7) is 2.84. The van der Waals surface area contributed by atoms with E-state index in [1.165, 1.54) is 0 Å². The molecule has 1 amide bonds. The average molecular weight is 415 g/mol. The lowest BCUT2D eigenvalue weighted by Crippen LogP contribution is -2.30. The lowest BCUT2D eigenvalue weighted by atomic mass is 10.1. The fourth-order valence-electron chi connectivity index (χ4n) is 3.53. The van der Waals surface area contributed by atoms with Crippen LogP contribution in [0.25, 0.3) is 16.7 Å². The van der Waals surface area contributed by atoms with Gasteiger partial charge in [0, 0.05) is 18.3 Å². The summed E-state index contributed by atoms with van der Waals surface area (Å²) in [6.07, 6.45) is 0. The molecule has 0 saturated carbocycles. The number of imidazole rings is 1. The lowest BCUT2D eigenvalue weighted by Gasteiger charge is -2.17. The van der Waals surface area contributed by atoms with Gasteiger partial charge in [0.25, 0.3) is 5.91 Å². The molecule has 0 unspecified atom stereocenters. The first-order valence-corrected chi connectivity index (χ1v) is 10.1. The first-order valence-electron chi connectivity index (χ1n) is 10.1. The summed E-state index contributed by atoms with van der Waals surface area (Å²) in [5, 5.41) is 0. The van der Waals surface area contributed by atoms with E-state index < -0.39 is 0 Å². The second kappa shape index (κ2) is 8.92. The molecule has 1 heterocycles. The molecule has 6 heteroatoms. The zero-order chi connectivity index (χ0) is 21.8. The highest BCUT2D eigenvalue weighted by molar-refractivity contribution is 5.97. The van der Waals surface area contributed by atoms with E-state index in [0.29, 0.717) is 18.7 Å². The molecule has 0 fully saturated rings. The quantitative estimate of drug-likeness (QED) is 0.446.